The lowest BCUT2D eigenvalue weighted by atomic mass is 9.93. The maximum Gasteiger partial charge on any atom is 0.245 e. The summed E-state index contributed by atoms with van der Waals surface area (Å²) >= 11 is 0. The molecule has 0 heterocycles. The summed E-state index contributed by atoms with van der Waals surface area (Å²) in [7, 11) is -4.15. The van der Waals surface area contributed by atoms with Crippen LogP contribution in [0.15, 0.2) is 23.1 Å². The van der Waals surface area contributed by atoms with E-state index in [4.69, 9.17) is 11.5 Å². The highest BCUT2D eigenvalue weighted by molar-refractivity contribution is 7.89. The number of hydrogen-bond acceptors (Lipinski definition) is 4. The highest BCUT2D eigenvalue weighted by Crippen LogP contribution is 2.22. The van der Waals surface area contributed by atoms with Crippen LogP contribution in [0.4, 0.5) is 10.1 Å². The van der Waals surface area contributed by atoms with Crippen molar-refractivity contribution in [3.8, 4) is 0 Å². The molecule has 0 aliphatic carbocycles. The average Bonchev–Trinajstić information content (AvgIpc) is 2.26. The molecule has 0 atom stereocenters. The van der Waals surface area contributed by atoms with Gasteiger partial charge >= 0.3 is 0 Å². The van der Waals surface area contributed by atoms with Gasteiger partial charge in [0, 0.05) is 6.54 Å². The highest BCUT2D eigenvalue weighted by Gasteiger charge is 2.29. The smallest absolute Gasteiger partial charge is 0.245 e. The van der Waals surface area contributed by atoms with Gasteiger partial charge in [0.2, 0.25) is 15.9 Å². The van der Waals surface area contributed by atoms with E-state index >= 15 is 0 Å². The molecular weight excluding hydrogens is 273 g/mol. The third kappa shape index (κ3) is 3.42. The zero-order chi connectivity index (χ0) is 14.8. The van der Waals surface area contributed by atoms with E-state index in [1.165, 1.54) is 26.0 Å². The van der Waals surface area contributed by atoms with Gasteiger partial charge in [0.05, 0.1) is 11.1 Å². The molecule has 1 aromatic rings. The van der Waals surface area contributed by atoms with Crippen LogP contribution in [0.3, 0.4) is 0 Å². The number of amides is 1. The Balaban J connectivity index is 3.04. The van der Waals surface area contributed by atoms with E-state index in [1.54, 1.807) is 0 Å². The second-order valence-electron chi connectivity index (χ2n) is 4.73. The number of rotatable bonds is 5. The molecule has 0 bridgehead atoms. The first-order valence-corrected chi connectivity index (χ1v) is 6.90. The first-order chi connectivity index (χ1) is 8.58. The van der Waals surface area contributed by atoms with Gasteiger partial charge in [0.25, 0.3) is 0 Å². The van der Waals surface area contributed by atoms with Crippen LogP contribution in [-0.4, -0.2) is 20.9 Å². The van der Waals surface area contributed by atoms with Crippen molar-refractivity contribution in [2.24, 2.45) is 11.1 Å². The summed E-state index contributed by atoms with van der Waals surface area (Å²) in [5.74, 6) is -1.62. The Morgan fingerprint density at radius 3 is 2.47 bits per heavy atom. The highest BCUT2D eigenvalue weighted by atomic mass is 32.2. The molecule has 0 aliphatic rings. The van der Waals surface area contributed by atoms with Crippen molar-refractivity contribution in [1.82, 2.24) is 4.72 Å². The molecule has 0 fully saturated rings. The second-order valence-corrected chi connectivity index (χ2v) is 6.43. The molecule has 0 aromatic heterocycles. The third-order valence-electron chi connectivity index (χ3n) is 2.64. The molecule has 8 heteroatoms. The molecule has 0 unspecified atom stereocenters. The fraction of sp³-hybridized carbons (Fsp3) is 0.364. The summed E-state index contributed by atoms with van der Waals surface area (Å²) in [4.78, 5) is 10.5. The second kappa shape index (κ2) is 5.14. The van der Waals surface area contributed by atoms with Crippen LogP contribution in [0.5, 0.6) is 0 Å². The van der Waals surface area contributed by atoms with Gasteiger partial charge in [-0.1, -0.05) is 6.07 Å². The van der Waals surface area contributed by atoms with Crippen molar-refractivity contribution in [3.05, 3.63) is 24.0 Å². The van der Waals surface area contributed by atoms with Crippen LogP contribution in [-0.2, 0) is 14.8 Å². The van der Waals surface area contributed by atoms with Gasteiger partial charge in [-0.25, -0.2) is 17.5 Å². The number of halogens is 1. The number of anilines is 1. The minimum atomic E-state index is -4.15. The predicted octanol–water partition coefficient (Wildman–Crippen LogP) is 0.198. The SMILES string of the molecule is CC(C)(CNS(=O)(=O)c1c(N)cccc1F)C(N)=O. The van der Waals surface area contributed by atoms with E-state index in [1.807, 2.05) is 0 Å². The monoisotopic (exact) mass is 289 g/mol. The molecule has 1 aromatic carbocycles. The maximum absolute atomic E-state index is 13.5. The summed E-state index contributed by atoms with van der Waals surface area (Å²) in [6, 6.07) is 3.57. The summed E-state index contributed by atoms with van der Waals surface area (Å²) < 4.78 is 39.6. The average molecular weight is 289 g/mol. The molecule has 0 radical (unpaired) electrons. The molecule has 0 saturated carbocycles. The fourth-order valence-electron chi connectivity index (χ4n) is 1.24. The molecule has 19 heavy (non-hydrogen) atoms. The number of hydrogen-bond donors (Lipinski definition) is 3. The Morgan fingerprint density at radius 2 is 2.00 bits per heavy atom. The lowest BCUT2D eigenvalue weighted by Gasteiger charge is -2.21. The van der Waals surface area contributed by atoms with Crippen molar-refractivity contribution in [1.29, 1.82) is 0 Å². The van der Waals surface area contributed by atoms with E-state index in [-0.39, 0.29) is 12.2 Å². The van der Waals surface area contributed by atoms with Crippen LogP contribution in [0.25, 0.3) is 0 Å². The molecule has 1 amide bonds. The number of sulfonamides is 1. The van der Waals surface area contributed by atoms with Gasteiger partial charge in [0.1, 0.15) is 10.7 Å². The maximum atomic E-state index is 13.5. The number of carbonyl (C=O) groups is 1. The molecule has 0 saturated heterocycles. The number of nitrogens with one attached hydrogen (secondary N) is 1. The summed E-state index contributed by atoms with van der Waals surface area (Å²) in [5, 5.41) is 0. The van der Waals surface area contributed by atoms with Crippen LogP contribution in [0.2, 0.25) is 0 Å². The molecule has 106 valence electrons. The summed E-state index contributed by atoms with van der Waals surface area (Å²) in [5.41, 5.74) is 9.29. The Bertz CT molecular complexity index is 579. The minimum Gasteiger partial charge on any atom is -0.398 e. The zero-order valence-corrected chi connectivity index (χ0v) is 11.4. The first kappa shape index (κ1) is 15.4. The molecule has 5 N–H and O–H groups in total. The lowest BCUT2D eigenvalue weighted by Crippen LogP contribution is -2.42. The van der Waals surface area contributed by atoms with Gasteiger partial charge in [-0.05, 0) is 26.0 Å². The van der Waals surface area contributed by atoms with E-state index in [0.717, 1.165) is 6.07 Å². The van der Waals surface area contributed by atoms with E-state index in [2.05, 4.69) is 4.72 Å². The van der Waals surface area contributed by atoms with Crippen molar-refractivity contribution >= 4 is 21.6 Å². The van der Waals surface area contributed by atoms with Crippen LogP contribution >= 0.6 is 0 Å². The largest absolute Gasteiger partial charge is 0.398 e. The molecule has 1 rings (SSSR count). The van der Waals surface area contributed by atoms with Gasteiger partial charge in [-0.15, -0.1) is 0 Å². The number of primary amides is 1. The quantitative estimate of drug-likeness (QED) is 0.671. The Morgan fingerprint density at radius 1 is 1.42 bits per heavy atom. The van der Waals surface area contributed by atoms with Gasteiger partial charge in [-0.2, -0.15) is 0 Å². The van der Waals surface area contributed by atoms with Crippen molar-refractivity contribution in [2.75, 3.05) is 12.3 Å². The number of benzene rings is 1. The van der Waals surface area contributed by atoms with E-state index in [9.17, 15) is 17.6 Å². The standard InChI is InChI=1S/C11H16FN3O3S/c1-11(2,10(14)16)6-15-19(17,18)9-7(12)4-3-5-8(9)13/h3-5,15H,6,13H2,1-2H3,(H2,14,16). The molecular formula is C11H16FN3O3S. The topological polar surface area (TPSA) is 115 Å². The number of nitrogens with two attached hydrogens (primary N) is 2. The van der Waals surface area contributed by atoms with Crippen molar-refractivity contribution in [3.63, 3.8) is 0 Å². The zero-order valence-electron chi connectivity index (χ0n) is 10.6. The predicted molar refractivity (Wildman–Crippen MR) is 69.0 cm³/mol. The minimum absolute atomic E-state index is 0.204. The fourth-order valence-corrected chi connectivity index (χ4v) is 2.64. The molecule has 0 spiro atoms. The Labute approximate surface area is 111 Å². The van der Waals surface area contributed by atoms with Gasteiger partial charge < -0.3 is 11.5 Å². The van der Waals surface area contributed by atoms with Gasteiger partial charge in [0.15, 0.2) is 0 Å². The van der Waals surface area contributed by atoms with Gasteiger partial charge in [-0.3, -0.25) is 4.79 Å². The molecule has 0 aliphatic heterocycles. The van der Waals surface area contributed by atoms with Crippen LogP contribution in [0, 0.1) is 11.2 Å². The van der Waals surface area contributed by atoms with Crippen molar-refractivity contribution < 1.29 is 17.6 Å². The van der Waals surface area contributed by atoms with Crippen LogP contribution < -0.4 is 16.2 Å². The summed E-state index contributed by atoms with van der Waals surface area (Å²) in [6.45, 7) is 2.70. The summed E-state index contributed by atoms with van der Waals surface area (Å²) in [6.07, 6.45) is 0. The Kier molecular flexibility index (Phi) is 4.16. The normalized spacial score (nSPS) is 12.4. The van der Waals surface area contributed by atoms with E-state index < -0.39 is 32.1 Å². The number of nitrogen functional groups attached to an aromatic ring is 1. The number of carbonyl (C=O) groups excluding carboxylic acids is 1. The van der Waals surface area contributed by atoms with E-state index in [0.29, 0.717) is 0 Å². The molecule has 6 nitrogen and oxygen atoms in total. The van der Waals surface area contributed by atoms with Crippen LogP contribution in [0.1, 0.15) is 13.8 Å². The Hall–Kier alpha value is -1.67. The van der Waals surface area contributed by atoms with Crippen molar-refractivity contribution in [2.45, 2.75) is 18.7 Å². The third-order valence-corrected chi connectivity index (χ3v) is 4.13. The first-order valence-electron chi connectivity index (χ1n) is 5.41. The lowest BCUT2D eigenvalue weighted by molar-refractivity contribution is -0.125.